The zero-order chi connectivity index (χ0) is 32.8. The summed E-state index contributed by atoms with van der Waals surface area (Å²) in [6.07, 6.45) is 11.4. The van der Waals surface area contributed by atoms with E-state index in [1.54, 1.807) is 11.0 Å². The van der Waals surface area contributed by atoms with E-state index in [0.717, 1.165) is 31.2 Å². The fourth-order valence-electron chi connectivity index (χ4n) is 7.65. The number of unbranched alkanes of at least 4 members (excludes halogenated alkanes) is 3. The SMILES string of the molecule is CCCC(C)N1C/C=C\CCC(=O)N[C@@H](C)[C@H](c2ccccc2)OC(=O)[C@@H]2[C@H]3C(=O)N(CCCCCCO)[C@H](C1=O)[C@]31C=C[C@H]2O1. The number of esters is 1. The molecule has 3 amide bonds. The van der Waals surface area contributed by atoms with E-state index < -0.39 is 47.7 Å². The third-order valence-electron chi connectivity index (χ3n) is 9.93. The Morgan fingerprint density at radius 1 is 1.04 bits per heavy atom. The number of hydrogen-bond acceptors (Lipinski definition) is 7. The van der Waals surface area contributed by atoms with Crippen LogP contribution in [-0.4, -0.2) is 88.1 Å². The standard InChI is InChI=1S/C36H49N3O7/c1-4-15-24(2)38-21-13-8-11-18-28(41)37-25(3)31(26-16-9-7-10-17-26)45-35(44)29-27-19-20-36(46-27)30(29)33(42)39(32(36)34(38)43)22-12-5-6-14-23-40/h7-10,13,16-17,19-20,24-25,27,29-32,40H,4-6,11-12,14-15,18,21-23H2,1-3H3,(H,37,41)/b13-8-/t24?,25-,27+,29-,30-,31+,32+,36-/m0/s1. The molecular weight excluding hydrogens is 586 g/mol. The first-order chi connectivity index (χ1) is 22.2. The number of benzene rings is 1. The molecule has 2 fully saturated rings. The number of likely N-dealkylation sites (tertiary alicyclic amines) is 1. The second-order valence-corrected chi connectivity index (χ2v) is 13.1. The molecule has 4 heterocycles. The maximum Gasteiger partial charge on any atom is 0.313 e. The fraction of sp³-hybridized carbons (Fsp3) is 0.611. The first-order valence-electron chi connectivity index (χ1n) is 17.0. The number of carbonyl (C=O) groups is 4. The molecule has 2 saturated heterocycles. The molecule has 8 atom stereocenters. The minimum Gasteiger partial charge on any atom is -0.455 e. The highest BCUT2D eigenvalue weighted by Gasteiger charge is 2.73. The Morgan fingerprint density at radius 3 is 2.54 bits per heavy atom. The number of aliphatic hydroxyl groups is 1. The predicted molar refractivity (Wildman–Crippen MR) is 172 cm³/mol. The highest BCUT2D eigenvalue weighted by molar-refractivity contribution is 5.99. The van der Waals surface area contributed by atoms with Crippen LogP contribution in [0.2, 0.25) is 0 Å². The first kappa shape index (κ1) is 33.9. The first-order valence-corrected chi connectivity index (χ1v) is 17.0. The lowest BCUT2D eigenvalue weighted by Gasteiger charge is -2.38. The molecule has 46 heavy (non-hydrogen) atoms. The lowest BCUT2D eigenvalue weighted by molar-refractivity contribution is -0.161. The molecule has 0 radical (unpaired) electrons. The van der Waals surface area contributed by atoms with Gasteiger partial charge in [-0.25, -0.2) is 0 Å². The van der Waals surface area contributed by atoms with Gasteiger partial charge in [0.25, 0.3) is 0 Å². The van der Waals surface area contributed by atoms with Crippen molar-refractivity contribution < 1.29 is 33.8 Å². The van der Waals surface area contributed by atoms with Crippen LogP contribution in [0.5, 0.6) is 0 Å². The molecule has 0 saturated carbocycles. The Hall–Kier alpha value is -3.50. The van der Waals surface area contributed by atoms with Gasteiger partial charge in [0.05, 0.1) is 18.1 Å². The molecule has 250 valence electrons. The zero-order valence-corrected chi connectivity index (χ0v) is 27.3. The Balaban J connectivity index is 1.54. The molecular formula is C36H49N3O7. The lowest BCUT2D eigenvalue weighted by atomic mass is 9.74. The molecule has 10 nitrogen and oxygen atoms in total. The van der Waals surface area contributed by atoms with Crippen LogP contribution >= 0.6 is 0 Å². The van der Waals surface area contributed by atoms with Crippen molar-refractivity contribution >= 4 is 23.7 Å². The number of nitrogens with one attached hydrogen (secondary N) is 1. The monoisotopic (exact) mass is 635 g/mol. The third kappa shape index (κ3) is 6.65. The summed E-state index contributed by atoms with van der Waals surface area (Å²) in [7, 11) is 0. The number of nitrogens with zero attached hydrogens (tertiary/aromatic N) is 2. The molecule has 1 aromatic rings. The number of carbonyl (C=O) groups excluding carboxylic acids is 4. The van der Waals surface area contributed by atoms with E-state index in [9.17, 15) is 24.3 Å². The number of cyclic esters (lactones) is 1. The van der Waals surface area contributed by atoms with Gasteiger partial charge in [-0.15, -0.1) is 0 Å². The van der Waals surface area contributed by atoms with E-state index in [2.05, 4.69) is 12.2 Å². The number of rotatable bonds is 10. The van der Waals surface area contributed by atoms with Crippen LogP contribution in [0.25, 0.3) is 0 Å². The Kier molecular flexibility index (Phi) is 11.0. The smallest absolute Gasteiger partial charge is 0.313 e. The summed E-state index contributed by atoms with van der Waals surface area (Å²) in [5.74, 6) is -3.06. The van der Waals surface area contributed by atoms with Crippen LogP contribution < -0.4 is 5.32 Å². The summed E-state index contributed by atoms with van der Waals surface area (Å²) in [6, 6.07) is 7.73. The van der Waals surface area contributed by atoms with Crippen molar-refractivity contribution in [3.63, 3.8) is 0 Å². The molecule has 4 aliphatic rings. The van der Waals surface area contributed by atoms with Gasteiger partial charge < -0.3 is 29.7 Å². The van der Waals surface area contributed by atoms with Crippen LogP contribution in [0.1, 0.15) is 83.8 Å². The molecule has 1 aromatic carbocycles. The molecule has 10 heteroatoms. The van der Waals surface area contributed by atoms with Crippen LogP contribution in [0.15, 0.2) is 54.6 Å². The maximum absolute atomic E-state index is 14.7. The van der Waals surface area contributed by atoms with Gasteiger partial charge in [-0.3, -0.25) is 19.2 Å². The highest BCUT2D eigenvalue weighted by atomic mass is 16.6. The Labute approximate surface area is 272 Å². The highest BCUT2D eigenvalue weighted by Crippen LogP contribution is 2.56. The van der Waals surface area contributed by atoms with Gasteiger partial charge >= 0.3 is 5.97 Å². The molecule has 0 aliphatic carbocycles. The minimum atomic E-state index is -1.28. The van der Waals surface area contributed by atoms with Crippen molar-refractivity contribution in [2.24, 2.45) is 11.8 Å². The van der Waals surface area contributed by atoms with Gasteiger partial charge in [-0.05, 0) is 45.1 Å². The topological polar surface area (TPSA) is 125 Å². The number of aliphatic hydroxyl groups excluding tert-OH is 1. The zero-order valence-electron chi connectivity index (χ0n) is 27.3. The molecule has 1 unspecified atom stereocenters. The van der Waals surface area contributed by atoms with Crippen molar-refractivity contribution in [1.29, 1.82) is 0 Å². The van der Waals surface area contributed by atoms with Gasteiger partial charge in [-0.2, -0.15) is 0 Å². The number of amides is 3. The van der Waals surface area contributed by atoms with E-state index in [0.29, 0.717) is 32.4 Å². The van der Waals surface area contributed by atoms with Crippen LogP contribution in [-0.2, 0) is 28.7 Å². The number of allylic oxidation sites excluding steroid dienone is 1. The van der Waals surface area contributed by atoms with Gasteiger partial charge in [0.15, 0.2) is 0 Å². The molecule has 4 aliphatic heterocycles. The van der Waals surface area contributed by atoms with Crippen LogP contribution in [0.3, 0.4) is 0 Å². The van der Waals surface area contributed by atoms with Crippen LogP contribution in [0.4, 0.5) is 0 Å². The van der Waals surface area contributed by atoms with Crippen molar-refractivity contribution in [3.05, 3.63) is 60.2 Å². The fourth-order valence-corrected chi connectivity index (χ4v) is 7.65. The summed E-state index contributed by atoms with van der Waals surface area (Å²) >= 11 is 0. The van der Waals surface area contributed by atoms with Crippen LogP contribution in [0, 0.1) is 11.8 Å². The van der Waals surface area contributed by atoms with Gasteiger partial charge in [-0.1, -0.05) is 80.8 Å². The van der Waals surface area contributed by atoms with E-state index in [-0.39, 0.29) is 36.8 Å². The van der Waals surface area contributed by atoms with Crippen molar-refractivity contribution in [3.8, 4) is 0 Å². The summed E-state index contributed by atoms with van der Waals surface area (Å²) in [5.41, 5.74) is -0.552. The molecule has 1 spiro atoms. The third-order valence-corrected chi connectivity index (χ3v) is 9.93. The summed E-state index contributed by atoms with van der Waals surface area (Å²) in [5, 5.41) is 12.2. The number of fused-ring (bicyclic) bond motifs is 2. The van der Waals surface area contributed by atoms with E-state index in [4.69, 9.17) is 9.47 Å². The average molecular weight is 636 g/mol. The largest absolute Gasteiger partial charge is 0.455 e. The second kappa shape index (κ2) is 14.9. The normalized spacial score (nSPS) is 32.8. The van der Waals surface area contributed by atoms with E-state index in [1.807, 2.05) is 67.3 Å². The summed E-state index contributed by atoms with van der Waals surface area (Å²) in [4.78, 5) is 59.7. The van der Waals surface area contributed by atoms with Crippen molar-refractivity contribution in [2.45, 2.75) is 108 Å². The Morgan fingerprint density at radius 2 is 1.80 bits per heavy atom. The molecule has 2 N–H and O–H groups in total. The molecule has 0 aromatic heterocycles. The minimum absolute atomic E-state index is 0.0969. The Bertz CT molecular complexity index is 1320. The number of hydrogen-bond donors (Lipinski definition) is 2. The van der Waals surface area contributed by atoms with Gasteiger partial charge in [0.2, 0.25) is 17.7 Å². The second-order valence-electron chi connectivity index (χ2n) is 13.1. The van der Waals surface area contributed by atoms with Crippen molar-refractivity contribution in [1.82, 2.24) is 15.1 Å². The lowest BCUT2D eigenvalue weighted by Crippen LogP contribution is -2.57. The number of ether oxygens (including phenoxy) is 2. The predicted octanol–water partition coefficient (Wildman–Crippen LogP) is 3.85. The van der Waals surface area contributed by atoms with Crippen molar-refractivity contribution in [2.75, 3.05) is 19.7 Å². The van der Waals surface area contributed by atoms with Gasteiger partial charge in [0, 0.05) is 32.2 Å². The molecule has 5 rings (SSSR count). The summed E-state index contributed by atoms with van der Waals surface area (Å²) in [6.45, 7) is 6.71. The van der Waals surface area contributed by atoms with E-state index in [1.165, 1.54) is 0 Å². The molecule has 5 bridgehead atoms. The average Bonchev–Trinajstić information content (AvgIpc) is 3.68. The van der Waals surface area contributed by atoms with E-state index >= 15 is 0 Å². The quantitative estimate of drug-likeness (QED) is 0.227. The van der Waals surface area contributed by atoms with Gasteiger partial charge in [0.1, 0.15) is 23.7 Å². The summed E-state index contributed by atoms with van der Waals surface area (Å²) < 4.78 is 12.8. The maximum atomic E-state index is 14.7.